The molecule has 0 aliphatic carbocycles. The molecule has 0 bridgehead atoms. The molecule has 26 heavy (non-hydrogen) atoms. The van der Waals surface area contributed by atoms with Gasteiger partial charge in [0.25, 0.3) is 0 Å². The third kappa shape index (κ3) is 3.31. The molecule has 132 valence electrons. The van der Waals surface area contributed by atoms with Crippen LogP contribution in [0.25, 0.3) is 0 Å². The second-order valence-corrected chi connectivity index (χ2v) is 6.24. The summed E-state index contributed by atoms with van der Waals surface area (Å²) in [5.74, 6) is 0. The fraction of sp³-hybridized carbons (Fsp3) is 0.182. The lowest BCUT2D eigenvalue weighted by Crippen LogP contribution is -2.52. The number of likely N-dealkylation sites (N-methyl/N-ethyl adjacent to an activating group) is 1. The molecule has 3 rings (SSSR count). The summed E-state index contributed by atoms with van der Waals surface area (Å²) >= 11 is 0. The van der Waals surface area contributed by atoms with Crippen molar-refractivity contribution in [2.45, 2.75) is 12.0 Å². The van der Waals surface area contributed by atoms with E-state index >= 15 is 0 Å². The molecule has 0 unspecified atom stereocenters. The number of carbonyl (C=O) groups is 1. The zero-order valence-corrected chi connectivity index (χ0v) is 15.1. The Hall–Kier alpha value is -3.14. The average Bonchev–Trinajstić information content (AvgIpc) is 2.73. The quantitative estimate of drug-likeness (QED) is 0.764. The second-order valence-electron chi connectivity index (χ2n) is 6.24. The maximum absolute atomic E-state index is 12.7. The van der Waals surface area contributed by atoms with Crippen LogP contribution in [0, 0.1) is 0 Å². The lowest BCUT2D eigenvalue weighted by atomic mass is 9.77. The van der Waals surface area contributed by atoms with Crippen LogP contribution in [0.15, 0.2) is 85.2 Å². The number of nitrogens with one attached hydrogen (secondary N) is 1. The van der Waals surface area contributed by atoms with Crippen molar-refractivity contribution in [3.05, 3.63) is 102 Å². The highest BCUT2D eigenvalue weighted by Crippen LogP contribution is 2.38. The topological polar surface area (TPSA) is 45.2 Å². The average molecular weight is 345 g/mol. The molecule has 0 aliphatic heterocycles. The molecule has 0 aliphatic rings. The van der Waals surface area contributed by atoms with Gasteiger partial charge in [0.1, 0.15) is 5.54 Å². The molecule has 4 nitrogen and oxygen atoms in total. The van der Waals surface area contributed by atoms with Crippen LogP contribution < -0.4 is 5.32 Å². The Morgan fingerprint density at radius 1 is 0.962 bits per heavy atom. The molecule has 1 N–H and O–H groups in total. The second kappa shape index (κ2) is 7.83. The van der Waals surface area contributed by atoms with E-state index in [1.807, 2.05) is 61.8 Å². The van der Waals surface area contributed by atoms with Gasteiger partial charge in [-0.3, -0.25) is 4.98 Å². The Labute approximate surface area is 154 Å². The van der Waals surface area contributed by atoms with Crippen molar-refractivity contribution < 1.29 is 4.79 Å². The van der Waals surface area contributed by atoms with E-state index in [-0.39, 0.29) is 6.03 Å². The number of carbonyl (C=O) groups excluding carboxylic acids is 1. The number of nitrogens with zero attached hydrogens (tertiary/aromatic N) is 2. The molecule has 4 heteroatoms. The standard InChI is InChI=1S/C22H23N3O/c1-23-21(26)25(2)22(19-12-7-4-8-13-19,20-14-9-15-24-17-20)16-18-10-5-3-6-11-18/h3-15,17H,16H2,1-2H3,(H,23,26)/t22-/m0/s1. The Bertz CT molecular complexity index is 796. The summed E-state index contributed by atoms with van der Waals surface area (Å²) in [6.45, 7) is 0. The lowest BCUT2D eigenvalue weighted by Gasteiger charge is -2.42. The molecule has 1 heterocycles. The van der Waals surface area contributed by atoms with Crippen molar-refractivity contribution in [2.24, 2.45) is 0 Å². The van der Waals surface area contributed by atoms with Crippen LogP contribution in [0.3, 0.4) is 0 Å². The van der Waals surface area contributed by atoms with Gasteiger partial charge in [0.05, 0.1) is 0 Å². The molecule has 0 radical (unpaired) electrons. The zero-order chi connectivity index (χ0) is 18.4. The summed E-state index contributed by atoms with van der Waals surface area (Å²) in [6.07, 6.45) is 4.24. The predicted octanol–water partition coefficient (Wildman–Crippen LogP) is 3.84. The third-order valence-electron chi connectivity index (χ3n) is 4.78. The molecule has 3 aromatic rings. The minimum atomic E-state index is -0.670. The molecular weight excluding hydrogens is 322 g/mol. The number of pyridine rings is 1. The van der Waals surface area contributed by atoms with Crippen LogP contribution in [0.2, 0.25) is 0 Å². The van der Waals surface area contributed by atoms with E-state index in [1.54, 1.807) is 18.1 Å². The highest BCUT2D eigenvalue weighted by atomic mass is 16.2. The highest BCUT2D eigenvalue weighted by molar-refractivity contribution is 5.75. The molecule has 0 fully saturated rings. The molecule has 1 atom stereocenters. The van der Waals surface area contributed by atoms with Crippen molar-refractivity contribution in [2.75, 3.05) is 14.1 Å². The van der Waals surface area contributed by atoms with Gasteiger partial charge in [0, 0.05) is 38.5 Å². The molecular formula is C22H23N3O. The van der Waals surface area contributed by atoms with Crippen molar-refractivity contribution in [1.82, 2.24) is 15.2 Å². The maximum Gasteiger partial charge on any atom is 0.317 e. The van der Waals surface area contributed by atoms with Crippen molar-refractivity contribution in [3.8, 4) is 0 Å². The monoisotopic (exact) mass is 345 g/mol. The van der Waals surface area contributed by atoms with E-state index in [0.717, 1.165) is 16.7 Å². The van der Waals surface area contributed by atoms with E-state index in [2.05, 4.69) is 34.6 Å². The number of hydrogen-bond acceptors (Lipinski definition) is 2. The van der Waals surface area contributed by atoms with Gasteiger partial charge in [0.15, 0.2) is 0 Å². The minimum Gasteiger partial charge on any atom is -0.341 e. The maximum atomic E-state index is 12.7. The van der Waals surface area contributed by atoms with E-state index < -0.39 is 5.54 Å². The smallest absolute Gasteiger partial charge is 0.317 e. The first-order valence-corrected chi connectivity index (χ1v) is 8.64. The largest absolute Gasteiger partial charge is 0.341 e. The Morgan fingerprint density at radius 3 is 2.15 bits per heavy atom. The van der Waals surface area contributed by atoms with Crippen molar-refractivity contribution in [3.63, 3.8) is 0 Å². The van der Waals surface area contributed by atoms with E-state index in [4.69, 9.17) is 0 Å². The van der Waals surface area contributed by atoms with Crippen LogP contribution in [0.1, 0.15) is 16.7 Å². The van der Waals surface area contributed by atoms with Gasteiger partial charge in [-0.1, -0.05) is 66.7 Å². The van der Waals surface area contributed by atoms with Gasteiger partial charge in [-0.25, -0.2) is 4.79 Å². The summed E-state index contributed by atoms with van der Waals surface area (Å²) in [7, 11) is 3.49. The SMILES string of the molecule is CNC(=O)N(C)[C@@](Cc1ccccc1)(c1ccccc1)c1cccnc1. The van der Waals surface area contributed by atoms with Crippen molar-refractivity contribution >= 4 is 6.03 Å². The fourth-order valence-corrected chi connectivity index (χ4v) is 3.43. The van der Waals surface area contributed by atoms with Gasteiger partial charge in [0.2, 0.25) is 0 Å². The van der Waals surface area contributed by atoms with Crippen molar-refractivity contribution in [1.29, 1.82) is 0 Å². The predicted molar refractivity (Wildman–Crippen MR) is 104 cm³/mol. The number of amides is 2. The Morgan fingerprint density at radius 2 is 1.58 bits per heavy atom. The number of aromatic nitrogens is 1. The zero-order valence-electron chi connectivity index (χ0n) is 15.1. The summed E-state index contributed by atoms with van der Waals surface area (Å²) < 4.78 is 0. The van der Waals surface area contributed by atoms with Gasteiger partial charge >= 0.3 is 6.03 Å². The van der Waals surface area contributed by atoms with Crippen LogP contribution in [-0.4, -0.2) is 30.0 Å². The highest BCUT2D eigenvalue weighted by Gasteiger charge is 2.41. The van der Waals surface area contributed by atoms with Crippen LogP contribution in [-0.2, 0) is 12.0 Å². The first kappa shape index (κ1) is 17.7. The fourth-order valence-electron chi connectivity index (χ4n) is 3.43. The molecule has 0 saturated carbocycles. The number of benzene rings is 2. The van der Waals surface area contributed by atoms with Gasteiger partial charge in [-0.15, -0.1) is 0 Å². The lowest BCUT2D eigenvalue weighted by molar-refractivity contribution is 0.158. The molecule has 0 saturated heterocycles. The summed E-state index contributed by atoms with van der Waals surface area (Å²) in [4.78, 5) is 18.8. The normalized spacial score (nSPS) is 12.8. The van der Waals surface area contributed by atoms with Crippen LogP contribution in [0.5, 0.6) is 0 Å². The summed E-state index contributed by atoms with van der Waals surface area (Å²) in [6, 6.07) is 24.1. The Balaban J connectivity index is 2.25. The third-order valence-corrected chi connectivity index (χ3v) is 4.78. The molecule has 0 spiro atoms. The first-order valence-electron chi connectivity index (χ1n) is 8.64. The van der Waals surface area contributed by atoms with Crippen LogP contribution >= 0.6 is 0 Å². The first-order chi connectivity index (χ1) is 12.7. The Kier molecular flexibility index (Phi) is 5.32. The van der Waals surface area contributed by atoms with E-state index in [1.165, 1.54) is 0 Å². The number of urea groups is 1. The van der Waals surface area contributed by atoms with Crippen LogP contribution in [0.4, 0.5) is 4.79 Å². The summed E-state index contributed by atoms with van der Waals surface area (Å²) in [5.41, 5.74) is 2.50. The minimum absolute atomic E-state index is 0.145. The summed E-state index contributed by atoms with van der Waals surface area (Å²) in [5, 5.41) is 2.76. The van der Waals surface area contributed by atoms with Gasteiger partial charge in [-0.05, 0) is 17.2 Å². The number of hydrogen-bond donors (Lipinski definition) is 1. The van der Waals surface area contributed by atoms with E-state index in [0.29, 0.717) is 6.42 Å². The number of rotatable bonds is 5. The van der Waals surface area contributed by atoms with Gasteiger partial charge < -0.3 is 10.2 Å². The van der Waals surface area contributed by atoms with Gasteiger partial charge in [-0.2, -0.15) is 0 Å². The van der Waals surface area contributed by atoms with E-state index in [9.17, 15) is 4.79 Å². The molecule has 1 aromatic heterocycles. The molecule has 2 amide bonds. The molecule has 2 aromatic carbocycles.